The summed E-state index contributed by atoms with van der Waals surface area (Å²) in [7, 11) is 0. The van der Waals surface area contributed by atoms with Crippen molar-refractivity contribution in [2.45, 2.75) is 25.7 Å². The van der Waals surface area contributed by atoms with Crippen LogP contribution in [0.25, 0.3) is 0 Å². The number of piperazine rings is 1. The van der Waals surface area contributed by atoms with Crippen molar-refractivity contribution in [3.8, 4) is 0 Å². The van der Waals surface area contributed by atoms with Crippen molar-refractivity contribution in [3.05, 3.63) is 58.1 Å². The van der Waals surface area contributed by atoms with Crippen LogP contribution in [0.1, 0.15) is 24.8 Å². The van der Waals surface area contributed by atoms with Crippen molar-refractivity contribution in [1.29, 1.82) is 0 Å². The minimum absolute atomic E-state index is 0.0483. The smallest absolute Gasteiger partial charge is 0.224 e. The van der Waals surface area contributed by atoms with E-state index in [9.17, 15) is 4.79 Å². The average molecular weight is 488 g/mol. The molecule has 6 nitrogen and oxygen atoms in total. The molecule has 2 N–H and O–H groups in total. The van der Waals surface area contributed by atoms with E-state index in [0.29, 0.717) is 22.9 Å². The van der Waals surface area contributed by atoms with Gasteiger partial charge in [0.2, 0.25) is 5.91 Å². The fraction of sp³-hybridized carbons (Fsp3) is 0.440. The predicted octanol–water partition coefficient (Wildman–Crippen LogP) is 4.60. The number of rotatable bonds is 7. The Balaban J connectivity index is 1.36. The second-order valence-electron chi connectivity index (χ2n) is 8.58. The number of amides is 1. The number of carbonyl (C=O) groups is 1. The first-order chi connectivity index (χ1) is 16.1. The molecule has 0 aromatic heterocycles. The molecule has 0 aliphatic carbocycles. The zero-order chi connectivity index (χ0) is 23.0. The lowest BCUT2D eigenvalue weighted by molar-refractivity contribution is -0.116. The number of hydrogen-bond donors (Lipinski definition) is 2. The van der Waals surface area contributed by atoms with E-state index < -0.39 is 0 Å². The third kappa shape index (κ3) is 7.18. The Morgan fingerprint density at radius 2 is 1.73 bits per heavy atom. The van der Waals surface area contributed by atoms with Gasteiger partial charge < -0.3 is 15.5 Å². The highest BCUT2D eigenvalue weighted by Crippen LogP contribution is 2.23. The molecule has 0 radical (unpaired) electrons. The van der Waals surface area contributed by atoms with Gasteiger partial charge in [0, 0.05) is 48.3 Å². The molecule has 0 unspecified atom stereocenters. The number of aliphatic imine (C=N–C) groups is 1. The van der Waals surface area contributed by atoms with Gasteiger partial charge in [0.15, 0.2) is 0 Å². The Morgan fingerprint density at radius 1 is 1.00 bits per heavy atom. The summed E-state index contributed by atoms with van der Waals surface area (Å²) in [4.78, 5) is 22.3. The van der Waals surface area contributed by atoms with Gasteiger partial charge >= 0.3 is 0 Å². The first kappa shape index (κ1) is 24.0. The van der Waals surface area contributed by atoms with Gasteiger partial charge in [0.25, 0.3) is 0 Å². The van der Waals surface area contributed by atoms with Crippen LogP contribution in [-0.2, 0) is 11.2 Å². The van der Waals surface area contributed by atoms with Gasteiger partial charge in [-0.2, -0.15) is 0 Å². The van der Waals surface area contributed by atoms with E-state index in [0.717, 1.165) is 68.6 Å². The molecule has 1 amide bonds. The Morgan fingerprint density at radius 3 is 2.42 bits per heavy atom. The lowest BCUT2D eigenvalue weighted by Gasteiger charge is -2.32. The Bertz CT molecular complexity index is 967. The van der Waals surface area contributed by atoms with Crippen molar-refractivity contribution in [1.82, 2.24) is 15.1 Å². The van der Waals surface area contributed by atoms with Gasteiger partial charge in [-0.05, 0) is 74.3 Å². The van der Waals surface area contributed by atoms with Crippen LogP contribution in [0.15, 0.2) is 47.5 Å². The van der Waals surface area contributed by atoms with E-state index in [1.807, 2.05) is 30.3 Å². The number of nitrogens with one attached hydrogen (secondary N) is 2. The molecule has 2 saturated heterocycles. The summed E-state index contributed by atoms with van der Waals surface area (Å²) in [6, 6.07) is 13.1. The summed E-state index contributed by atoms with van der Waals surface area (Å²) in [6.45, 7) is 7.15. The van der Waals surface area contributed by atoms with Gasteiger partial charge in [-0.1, -0.05) is 29.3 Å². The molecule has 2 heterocycles. The zero-order valence-electron chi connectivity index (χ0n) is 18.8. The molecule has 0 saturated carbocycles. The van der Waals surface area contributed by atoms with Crippen LogP contribution >= 0.6 is 23.2 Å². The van der Waals surface area contributed by atoms with E-state index in [-0.39, 0.29) is 5.91 Å². The monoisotopic (exact) mass is 487 g/mol. The summed E-state index contributed by atoms with van der Waals surface area (Å²) < 4.78 is 0. The molecular weight excluding hydrogens is 457 g/mol. The molecule has 33 heavy (non-hydrogen) atoms. The molecule has 176 valence electrons. The summed E-state index contributed by atoms with van der Waals surface area (Å²) in [6.07, 6.45) is 3.46. The third-order valence-corrected chi connectivity index (χ3v) is 6.68. The minimum Gasteiger partial charge on any atom is -0.356 e. The first-order valence-corrected chi connectivity index (χ1v) is 12.4. The van der Waals surface area contributed by atoms with Gasteiger partial charge in [-0.15, -0.1) is 0 Å². The summed E-state index contributed by atoms with van der Waals surface area (Å²) >= 11 is 12.1. The zero-order valence-corrected chi connectivity index (χ0v) is 20.3. The highest BCUT2D eigenvalue weighted by atomic mass is 35.5. The molecule has 4 rings (SSSR count). The molecule has 2 aliphatic heterocycles. The SMILES string of the molecule is O=C(CCc1ccc(Cl)cc1Cl)Nc1ccc(N=C(CN2CCCC2)N2CCNCC2)cc1. The third-order valence-electron chi connectivity index (χ3n) is 6.09. The number of hydrogen-bond acceptors (Lipinski definition) is 4. The van der Waals surface area contributed by atoms with Crippen molar-refractivity contribution in [2.24, 2.45) is 4.99 Å². The van der Waals surface area contributed by atoms with Gasteiger partial charge in [0.1, 0.15) is 5.84 Å². The van der Waals surface area contributed by atoms with Crippen molar-refractivity contribution < 1.29 is 4.79 Å². The molecule has 2 aromatic rings. The maximum absolute atomic E-state index is 12.4. The standard InChI is InChI=1S/C25H31Cl2N5O/c26-20-5-3-19(23(27)17-20)4-10-25(33)30-22-8-6-21(7-9-22)29-24(18-31-13-1-2-14-31)32-15-11-28-12-16-32/h3,5-9,17,28H,1-2,4,10-16,18H2,(H,30,33). The van der Waals surface area contributed by atoms with Gasteiger partial charge in [-0.25, -0.2) is 4.99 Å². The average Bonchev–Trinajstić information content (AvgIpc) is 3.33. The lowest BCUT2D eigenvalue weighted by Crippen LogP contribution is -2.49. The number of halogens is 2. The number of nitrogens with zero attached hydrogens (tertiary/aromatic N) is 3. The maximum atomic E-state index is 12.4. The van der Waals surface area contributed by atoms with Crippen LogP contribution in [0.4, 0.5) is 11.4 Å². The molecule has 8 heteroatoms. The number of amidine groups is 1. The largest absolute Gasteiger partial charge is 0.356 e. The molecule has 2 fully saturated rings. The van der Waals surface area contributed by atoms with Gasteiger partial charge in [0.05, 0.1) is 12.2 Å². The molecular formula is C25H31Cl2N5O. The van der Waals surface area contributed by atoms with E-state index in [1.54, 1.807) is 12.1 Å². The normalized spacial score (nSPS) is 17.4. The molecule has 2 aliphatic rings. The molecule has 2 aromatic carbocycles. The minimum atomic E-state index is -0.0483. The van der Waals surface area contributed by atoms with E-state index in [4.69, 9.17) is 28.2 Å². The second kappa shape index (κ2) is 11.8. The van der Waals surface area contributed by atoms with Crippen molar-refractivity contribution >= 4 is 46.3 Å². The number of likely N-dealkylation sites (tertiary alicyclic amines) is 1. The summed E-state index contributed by atoms with van der Waals surface area (Å²) in [5.74, 6) is 1.09. The lowest BCUT2D eigenvalue weighted by atomic mass is 10.1. The van der Waals surface area contributed by atoms with Crippen molar-refractivity contribution in [3.63, 3.8) is 0 Å². The fourth-order valence-electron chi connectivity index (χ4n) is 4.23. The van der Waals surface area contributed by atoms with E-state index in [2.05, 4.69) is 20.4 Å². The Labute approximate surface area is 206 Å². The topological polar surface area (TPSA) is 60.0 Å². The summed E-state index contributed by atoms with van der Waals surface area (Å²) in [5, 5.41) is 7.56. The maximum Gasteiger partial charge on any atom is 0.224 e. The number of anilines is 1. The van der Waals surface area contributed by atoms with Crippen LogP contribution in [0.3, 0.4) is 0 Å². The van der Waals surface area contributed by atoms with Crippen LogP contribution in [-0.4, -0.2) is 67.4 Å². The Hall–Kier alpha value is -2.12. The second-order valence-corrected chi connectivity index (χ2v) is 9.42. The Kier molecular flexibility index (Phi) is 8.62. The number of carbonyl (C=O) groups excluding carboxylic acids is 1. The van der Waals surface area contributed by atoms with Gasteiger partial charge in [-0.3, -0.25) is 9.69 Å². The molecule has 0 bridgehead atoms. The van der Waals surface area contributed by atoms with E-state index >= 15 is 0 Å². The number of aryl methyl sites for hydroxylation is 1. The predicted molar refractivity (Wildman–Crippen MR) is 137 cm³/mol. The fourth-order valence-corrected chi connectivity index (χ4v) is 4.74. The molecule has 0 spiro atoms. The summed E-state index contributed by atoms with van der Waals surface area (Å²) in [5.41, 5.74) is 2.59. The van der Waals surface area contributed by atoms with Crippen LogP contribution in [0, 0.1) is 0 Å². The first-order valence-electron chi connectivity index (χ1n) is 11.7. The number of benzene rings is 2. The highest BCUT2D eigenvalue weighted by molar-refractivity contribution is 6.35. The van der Waals surface area contributed by atoms with Crippen LogP contribution < -0.4 is 10.6 Å². The van der Waals surface area contributed by atoms with Crippen LogP contribution in [0.5, 0.6) is 0 Å². The van der Waals surface area contributed by atoms with E-state index in [1.165, 1.54) is 12.8 Å². The highest BCUT2D eigenvalue weighted by Gasteiger charge is 2.20. The quantitative estimate of drug-likeness (QED) is 0.442. The molecule has 0 atom stereocenters. The van der Waals surface area contributed by atoms with Crippen LogP contribution in [0.2, 0.25) is 10.0 Å². The van der Waals surface area contributed by atoms with Crippen molar-refractivity contribution in [2.75, 3.05) is 51.1 Å².